The zero-order valence-corrected chi connectivity index (χ0v) is 22.9. The second-order valence-corrected chi connectivity index (χ2v) is 10.5. The summed E-state index contributed by atoms with van der Waals surface area (Å²) >= 11 is 0. The molecule has 198 valence electrons. The number of fused-ring (bicyclic) bond motifs is 5. The Morgan fingerprint density at radius 1 is 0.381 bits per heavy atom. The summed E-state index contributed by atoms with van der Waals surface area (Å²) in [6, 6.07) is 57.7. The van der Waals surface area contributed by atoms with Crippen LogP contribution in [0.3, 0.4) is 0 Å². The Balaban J connectivity index is 1.39. The quantitative estimate of drug-likeness (QED) is 0.217. The van der Waals surface area contributed by atoms with Gasteiger partial charge in [0.2, 0.25) is 0 Å². The van der Waals surface area contributed by atoms with Gasteiger partial charge in [-0.05, 0) is 75.5 Å². The normalized spacial score (nSPS) is 11.3. The largest absolute Gasteiger partial charge is 0.456 e. The SMILES string of the molecule is c1ccc(-c2ccc(N(c3ccccc3)c3cccc4oc5cc(-c6ccccc6)c6ccccc6c5c34)cc2)cc1. The van der Waals surface area contributed by atoms with Gasteiger partial charge in [0, 0.05) is 16.8 Å². The predicted octanol–water partition coefficient (Wildman–Crippen LogP) is 11.5. The van der Waals surface area contributed by atoms with E-state index in [1.807, 2.05) is 0 Å². The highest BCUT2D eigenvalue weighted by atomic mass is 16.3. The van der Waals surface area contributed by atoms with Crippen molar-refractivity contribution in [3.05, 3.63) is 164 Å². The molecule has 1 heterocycles. The highest BCUT2D eigenvalue weighted by molar-refractivity contribution is 6.25. The first kappa shape index (κ1) is 24.2. The van der Waals surface area contributed by atoms with Crippen molar-refractivity contribution < 1.29 is 4.42 Å². The number of rotatable bonds is 5. The van der Waals surface area contributed by atoms with E-state index >= 15 is 0 Å². The lowest BCUT2D eigenvalue weighted by atomic mass is 9.94. The van der Waals surface area contributed by atoms with Gasteiger partial charge in [0.1, 0.15) is 11.2 Å². The average molecular weight is 538 g/mol. The van der Waals surface area contributed by atoms with Crippen molar-refractivity contribution in [1.29, 1.82) is 0 Å². The van der Waals surface area contributed by atoms with Gasteiger partial charge in [-0.3, -0.25) is 0 Å². The lowest BCUT2D eigenvalue weighted by Gasteiger charge is -2.26. The van der Waals surface area contributed by atoms with Crippen LogP contribution in [0.1, 0.15) is 0 Å². The fraction of sp³-hybridized carbons (Fsp3) is 0. The molecule has 42 heavy (non-hydrogen) atoms. The molecule has 0 unspecified atom stereocenters. The molecule has 0 saturated carbocycles. The van der Waals surface area contributed by atoms with Crippen LogP contribution in [0.25, 0.3) is 55.0 Å². The zero-order valence-electron chi connectivity index (χ0n) is 22.9. The van der Waals surface area contributed by atoms with Crippen molar-refractivity contribution in [3.63, 3.8) is 0 Å². The van der Waals surface area contributed by atoms with Crippen LogP contribution in [0.15, 0.2) is 168 Å². The van der Waals surface area contributed by atoms with Gasteiger partial charge in [-0.1, -0.05) is 121 Å². The highest BCUT2D eigenvalue weighted by Gasteiger charge is 2.21. The van der Waals surface area contributed by atoms with Gasteiger partial charge < -0.3 is 9.32 Å². The van der Waals surface area contributed by atoms with Crippen LogP contribution in [0, 0.1) is 0 Å². The van der Waals surface area contributed by atoms with E-state index in [4.69, 9.17) is 4.42 Å². The maximum absolute atomic E-state index is 6.64. The van der Waals surface area contributed by atoms with Crippen molar-refractivity contribution in [2.75, 3.05) is 4.90 Å². The topological polar surface area (TPSA) is 16.4 Å². The summed E-state index contributed by atoms with van der Waals surface area (Å²) in [7, 11) is 0. The fourth-order valence-electron chi connectivity index (χ4n) is 6.14. The number of hydrogen-bond donors (Lipinski definition) is 0. The van der Waals surface area contributed by atoms with Crippen LogP contribution < -0.4 is 4.90 Å². The summed E-state index contributed by atoms with van der Waals surface area (Å²) in [6.45, 7) is 0. The molecule has 8 rings (SSSR count). The van der Waals surface area contributed by atoms with Gasteiger partial charge in [-0.25, -0.2) is 0 Å². The summed E-state index contributed by atoms with van der Waals surface area (Å²) in [5.41, 5.74) is 9.80. The van der Waals surface area contributed by atoms with Gasteiger partial charge in [0.15, 0.2) is 0 Å². The lowest BCUT2D eigenvalue weighted by molar-refractivity contribution is 0.669. The number of furan rings is 1. The van der Waals surface area contributed by atoms with Gasteiger partial charge in [0.25, 0.3) is 0 Å². The van der Waals surface area contributed by atoms with Crippen LogP contribution in [0.5, 0.6) is 0 Å². The first-order valence-electron chi connectivity index (χ1n) is 14.3. The van der Waals surface area contributed by atoms with Crippen molar-refractivity contribution in [2.45, 2.75) is 0 Å². The zero-order chi connectivity index (χ0) is 27.9. The molecule has 0 radical (unpaired) electrons. The molecule has 8 aromatic rings. The predicted molar refractivity (Wildman–Crippen MR) is 177 cm³/mol. The monoisotopic (exact) mass is 537 g/mol. The minimum absolute atomic E-state index is 0.875. The molecule has 0 aliphatic heterocycles. The molecular formula is C40H27NO. The molecule has 0 spiro atoms. The second-order valence-electron chi connectivity index (χ2n) is 10.5. The molecule has 2 nitrogen and oxygen atoms in total. The summed E-state index contributed by atoms with van der Waals surface area (Å²) in [5.74, 6) is 0. The summed E-state index contributed by atoms with van der Waals surface area (Å²) in [6.07, 6.45) is 0. The van der Waals surface area contributed by atoms with E-state index in [1.165, 1.54) is 33.0 Å². The third-order valence-corrected chi connectivity index (χ3v) is 8.06. The average Bonchev–Trinajstić information content (AvgIpc) is 3.46. The Morgan fingerprint density at radius 2 is 0.952 bits per heavy atom. The molecule has 0 N–H and O–H groups in total. The van der Waals surface area contributed by atoms with E-state index in [1.54, 1.807) is 0 Å². The Kier molecular flexibility index (Phi) is 5.82. The molecule has 0 atom stereocenters. The van der Waals surface area contributed by atoms with E-state index in [9.17, 15) is 0 Å². The van der Waals surface area contributed by atoms with Gasteiger partial charge in [0.05, 0.1) is 11.1 Å². The Morgan fingerprint density at radius 3 is 1.67 bits per heavy atom. The molecule has 0 aliphatic carbocycles. The van der Waals surface area contributed by atoms with Crippen molar-refractivity contribution in [1.82, 2.24) is 0 Å². The maximum Gasteiger partial charge on any atom is 0.137 e. The minimum atomic E-state index is 0.875. The number of nitrogens with zero attached hydrogens (tertiary/aromatic N) is 1. The number of para-hydroxylation sites is 1. The summed E-state index contributed by atoms with van der Waals surface area (Å²) in [5, 5.41) is 4.65. The van der Waals surface area contributed by atoms with Crippen molar-refractivity contribution in [3.8, 4) is 22.3 Å². The third-order valence-electron chi connectivity index (χ3n) is 8.06. The van der Waals surface area contributed by atoms with E-state index < -0.39 is 0 Å². The Hall–Kier alpha value is -5.60. The molecule has 1 aromatic heterocycles. The first-order valence-corrected chi connectivity index (χ1v) is 14.3. The van der Waals surface area contributed by atoms with Crippen molar-refractivity contribution >= 4 is 49.8 Å². The van der Waals surface area contributed by atoms with Crippen LogP contribution in [0.4, 0.5) is 17.1 Å². The maximum atomic E-state index is 6.64. The van der Waals surface area contributed by atoms with Gasteiger partial charge >= 0.3 is 0 Å². The first-order chi connectivity index (χ1) is 20.8. The highest BCUT2D eigenvalue weighted by Crippen LogP contribution is 2.46. The lowest BCUT2D eigenvalue weighted by Crippen LogP contribution is -2.10. The van der Waals surface area contributed by atoms with E-state index in [2.05, 4.69) is 169 Å². The van der Waals surface area contributed by atoms with Gasteiger partial charge in [-0.2, -0.15) is 0 Å². The van der Waals surface area contributed by atoms with Crippen LogP contribution in [-0.2, 0) is 0 Å². The molecule has 0 fully saturated rings. The molecule has 0 bridgehead atoms. The molecule has 7 aromatic carbocycles. The number of hydrogen-bond acceptors (Lipinski definition) is 2. The number of benzene rings is 7. The third kappa shape index (κ3) is 4.05. The molecule has 0 amide bonds. The van der Waals surface area contributed by atoms with E-state index in [-0.39, 0.29) is 0 Å². The van der Waals surface area contributed by atoms with E-state index in [0.29, 0.717) is 0 Å². The van der Waals surface area contributed by atoms with Crippen LogP contribution in [-0.4, -0.2) is 0 Å². The molecule has 0 saturated heterocycles. The fourth-order valence-corrected chi connectivity index (χ4v) is 6.14. The summed E-state index contributed by atoms with van der Waals surface area (Å²) < 4.78 is 6.64. The molecule has 2 heteroatoms. The van der Waals surface area contributed by atoms with Crippen LogP contribution >= 0.6 is 0 Å². The Labute approximate surface area is 244 Å². The number of anilines is 3. The smallest absolute Gasteiger partial charge is 0.137 e. The molecular weight excluding hydrogens is 510 g/mol. The van der Waals surface area contributed by atoms with E-state index in [0.717, 1.165) is 39.0 Å². The standard InChI is InChI=1S/C40H27NO/c1-4-13-28(14-5-1)29-23-25-32(26-24-29)41(31-17-8-3-9-18-31)36-21-12-22-37-40(36)39-34-20-11-10-19-33(34)35(27-38(39)42-37)30-15-6-2-7-16-30/h1-27H. The summed E-state index contributed by atoms with van der Waals surface area (Å²) in [4.78, 5) is 2.34. The Bertz CT molecular complexity index is 2160. The second kappa shape index (κ2) is 10.1. The van der Waals surface area contributed by atoms with Gasteiger partial charge in [-0.15, -0.1) is 0 Å². The van der Waals surface area contributed by atoms with Crippen LogP contribution in [0.2, 0.25) is 0 Å². The minimum Gasteiger partial charge on any atom is -0.456 e. The van der Waals surface area contributed by atoms with Crippen molar-refractivity contribution in [2.24, 2.45) is 0 Å². The molecule has 0 aliphatic rings.